The van der Waals surface area contributed by atoms with Gasteiger partial charge >= 0.3 is 0 Å². The van der Waals surface area contributed by atoms with E-state index in [1.165, 1.54) is 16.8 Å². The van der Waals surface area contributed by atoms with Gasteiger partial charge in [-0.1, -0.05) is 42.5 Å². The lowest BCUT2D eigenvalue weighted by molar-refractivity contribution is 0.146. The lowest BCUT2D eigenvalue weighted by Gasteiger charge is -2.11. The molecule has 0 saturated heterocycles. The SMILES string of the molecule is CS(=O)(=O)c1ccc(-c2c(-c3ccc(I)cc3)c(C(F)F)nn2-c2ccccc2)cc1. The van der Waals surface area contributed by atoms with Crippen molar-refractivity contribution in [1.82, 2.24) is 9.78 Å². The van der Waals surface area contributed by atoms with Gasteiger partial charge in [0, 0.05) is 21.0 Å². The molecule has 4 aromatic rings. The summed E-state index contributed by atoms with van der Waals surface area (Å²) in [7, 11) is -3.38. The molecular weight excluding hydrogens is 533 g/mol. The largest absolute Gasteiger partial charge is 0.282 e. The number of rotatable bonds is 5. The summed E-state index contributed by atoms with van der Waals surface area (Å²) in [6, 6.07) is 22.5. The monoisotopic (exact) mass is 550 g/mol. The second-order valence-electron chi connectivity index (χ2n) is 6.96. The Kier molecular flexibility index (Phi) is 5.94. The number of halogens is 3. The lowest BCUT2D eigenvalue weighted by Crippen LogP contribution is -2.01. The zero-order chi connectivity index (χ0) is 22.2. The minimum absolute atomic E-state index is 0.159. The van der Waals surface area contributed by atoms with Crippen molar-refractivity contribution >= 4 is 32.4 Å². The molecule has 0 aliphatic carbocycles. The lowest BCUT2D eigenvalue weighted by atomic mass is 9.98. The third-order valence-electron chi connectivity index (χ3n) is 4.81. The number of aromatic nitrogens is 2. The third kappa shape index (κ3) is 4.40. The first-order chi connectivity index (χ1) is 14.8. The molecule has 0 fully saturated rings. The zero-order valence-electron chi connectivity index (χ0n) is 16.3. The standard InChI is InChI=1S/C23H17F2IN2O2S/c1-31(29,30)19-13-9-16(10-14-19)22-20(15-7-11-17(26)12-8-15)21(23(24)25)27-28(22)18-5-3-2-4-6-18/h2-14,23H,1H3. The molecule has 1 aromatic heterocycles. The molecule has 0 atom stereocenters. The second-order valence-corrected chi connectivity index (χ2v) is 10.2. The molecule has 0 unspecified atom stereocenters. The maximum Gasteiger partial charge on any atom is 0.282 e. The van der Waals surface area contributed by atoms with Crippen LogP contribution in [0.15, 0.2) is 83.8 Å². The van der Waals surface area contributed by atoms with E-state index < -0.39 is 16.3 Å². The fraction of sp³-hybridized carbons (Fsp3) is 0.0870. The van der Waals surface area contributed by atoms with Crippen LogP contribution in [0.25, 0.3) is 28.1 Å². The van der Waals surface area contributed by atoms with Gasteiger partial charge in [-0.2, -0.15) is 5.10 Å². The van der Waals surface area contributed by atoms with Crippen molar-refractivity contribution in [3.8, 4) is 28.1 Å². The van der Waals surface area contributed by atoms with Crippen LogP contribution >= 0.6 is 22.6 Å². The van der Waals surface area contributed by atoms with E-state index in [0.29, 0.717) is 28.1 Å². The van der Waals surface area contributed by atoms with E-state index in [9.17, 15) is 17.2 Å². The second kappa shape index (κ2) is 8.51. The molecule has 0 radical (unpaired) electrons. The van der Waals surface area contributed by atoms with Gasteiger partial charge in [0.05, 0.1) is 16.3 Å². The predicted molar refractivity (Wildman–Crippen MR) is 125 cm³/mol. The molecule has 158 valence electrons. The van der Waals surface area contributed by atoms with Gasteiger partial charge in [0.1, 0.15) is 5.69 Å². The van der Waals surface area contributed by atoms with E-state index >= 15 is 0 Å². The van der Waals surface area contributed by atoms with Crippen molar-refractivity contribution in [3.63, 3.8) is 0 Å². The minimum atomic E-state index is -3.38. The fourth-order valence-corrected chi connectivity index (χ4v) is 4.36. The fourth-order valence-electron chi connectivity index (χ4n) is 3.37. The van der Waals surface area contributed by atoms with E-state index in [-0.39, 0.29) is 10.6 Å². The van der Waals surface area contributed by atoms with Gasteiger partial charge in [-0.15, -0.1) is 0 Å². The van der Waals surface area contributed by atoms with Gasteiger partial charge in [0.25, 0.3) is 6.43 Å². The highest BCUT2D eigenvalue weighted by molar-refractivity contribution is 14.1. The summed E-state index contributed by atoms with van der Waals surface area (Å²) in [4.78, 5) is 0.159. The first kappa shape index (κ1) is 21.6. The summed E-state index contributed by atoms with van der Waals surface area (Å²) in [6.07, 6.45) is -1.66. The first-order valence-electron chi connectivity index (χ1n) is 9.28. The van der Waals surface area contributed by atoms with Crippen LogP contribution in [0.4, 0.5) is 8.78 Å². The highest BCUT2D eigenvalue weighted by Gasteiger charge is 2.27. The molecule has 4 nitrogen and oxygen atoms in total. The van der Waals surface area contributed by atoms with E-state index in [0.717, 1.165) is 9.83 Å². The molecule has 3 aromatic carbocycles. The normalized spacial score (nSPS) is 11.8. The molecule has 0 bridgehead atoms. The van der Waals surface area contributed by atoms with Crippen molar-refractivity contribution in [2.24, 2.45) is 0 Å². The Labute approximate surface area is 192 Å². The minimum Gasteiger partial charge on any atom is -0.232 e. The smallest absolute Gasteiger partial charge is 0.232 e. The number of hydrogen-bond donors (Lipinski definition) is 0. The van der Waals surface area contributed by atoms with Crippen molar-refractivity contribution in [2.75, 3.05) is 6.26 Å². The van der Waals surface area contributed by atoms with Crippen LogP contribution in [0.2, 0.25) is 0 Å². The van der Waals surface area contributed by atoms with Crippen molar-refractivity contribution in [1.29, 1.82) is 0 Å². The van der Waals surface area contributed by atoms with Crippen molar-refractivity contribution < 1.29 is 17.2 Å². The number of para-hydroxylation sites is 1. The maximum atomic E-state index is 14.1. The molecule has 1 heterocycles. The number of benzene rings is 3. The number of sulfone groups is 1. The Morgan fingerprint density at radius 2 is 1.45 bits per heavy atom. The molecule has 0 saturated carbocycles. The van der Waals surface area contributed by atoms with Crippen LogP contribution in [0.3, 0.4) is 0 Å². The van der Waals surface area contributed by atoms with E-state index in [2.05, 4.69) is 27.7 Å². The molecule has 0 amide bonds. The van der Waals surface area contributed by atoms with Crippen LogP contribution in [0, 0.1) is 3.57 Å². The van der Waals surface area contributed by atoms with E-state index in [1.807, 2.05) is 18.2 Å². The van der Waals surface area contributed by atoms with Gasteiger partial charge < -0.3 is 0 Å². The van der Waals surface area contributed by atoms with Gasteiger partial charge in [-0.25, -0.2) is 21.9 Å². The van der Waals surface area contributed by atoms with Gasteiger partial charge in [-0.3, -0.25) is 0 Å². The van der Waals surface area contributed by atoms with Crippen LogP contribution < -0.4 is 0 Å². The summed E-state index contributed by atoms with van der Waals surface area (Å²) < 4.78 is 54.4. The van der Waals surface area contributed by atoms with Gasteiger partial charge in [0.15, 0.2) is 9.84 Å². The Balaban J connectivity index is 2.04. The average Bonchev–Trinajstić information content (AvgIpc) is 3.15. The maximum absolute atomic E-state index is 14.1. The van der Waals surface area contributed by atoms with Crippen molar-refractivity contribution in [2.45, 2.75) is 11.3 Å². The van der Waals surface area contributed by atoms with Crippen LogP contribution in [-0.2, 0) is 9.84 Å². The average molecular weight is 550 g/mol. The Morgan fingerprint density at radius 3 is 2.00 bits per heavy atom. The van der Waals surface area contributed by atoms with Gasteiger partial charge in [0.2, 0.25) is 0 Å². The van der Waals surface area contributed by atoms with Crippen molar-refractivity contribution in [3.05, 3.63) is 88.1 Å². The third-order valence-corrected chi connectivity index (χ3v) is 6.66. The number of nitrogens with zero attached hydrogens (tertiary/aromatic N) is 2. The number of hydrogen-bond acceptors (Lipinski definition) is 3. The van der Waals surface area contributed by atoms with Crippen LogP contribution in [0.5, 0.6) is 0 Å². The van der Waals surface area contributed by atoms with E-state index in [4.69, 9.17) is 0 Å². The Bertz CT molecular complexity index is 1320. The summed E-state index contributed by atoms with van der Waals surface area (Å²) in [5.74, 6) is 0. The molecule has 0 aliphatic rings. The highest BCUT2D eigenvalue weighted by atomic mass is 127. The molecule has 31 heavy (non-hydrogen) atoms. The first-order valence-corrected chi connectivity index (χ1v) is 12.3. The predicted octanol–water partition coefficient (Wildman–Crippen LogP) is 6.15. The van der Waals surface area contributed by atoms with Gasteiger partial charge in [-0.05, 0) is 64.6 Å². The summed E-state index contributed by atoms with van der Waals surface area (Å²) >= 11 is 2.16. The van der Waals surface area contributed by atoms with Crippen LogP contribution in [-0.4, -0.2) is 24.5 Å². The summed E-state index contributed by atoms with van der Waals surface area (Å²) in [6.45, 7) is 0. The van der Waals surface area contributed by atoms with E-state index in [1.54, 1.807) is 48.5 Å². The number of alkyl halides is 2. The molecule has 4 rings (SSSR count). The molecule has 0 spiro atoms. The van der Waals surface area contributed by atoms with Crippen LogP contribution in [0.1, 0.15) is 12.1 Å². The molecule has 0 N–H and O–H groups in total. The quantitative estimate of drug-likeness (QED) is 0.280. The summed E-state index contributed by atoms with van der Waals surface area (Å²) in [5.41, 5.74) is 2.30. The molecule has 0 aliphatic heterocycles. The summed E-state index contributed by atoms with van der Waals surface area (Å²) in [5, 5.41) is 4.27. The topological polar surface area (TPSA) is 52.0 Å². The molecular formula is C23H17F2IN2O2S. The molecule has 8 heteroatoms. The Hall–Kier alpha value is -2.59. The highest BCUT2D eigenvalue weighted by Crippen LogP contribution is 2.40. The zero-order valence-corrected chi connectivity index (χ0v) is 19.3. The Morgan fingerprint density at radius 1 is 0.871 bits per heavy atom.